The van der Waals surface area contributed by atoms with Gasteiger partial charge >= 0.3 is 11.0 Å². The Bertz CT molecular complexity index is 313. The summed E-state index contributed by atoms with van der Waals surface area (Å²) in [5.41, 5.74) is -0.949. The van der Waals surface area contributed by atoms with Crippen LogP contribution in [0.5, 0.6) is 0 Å². The van der Waals surface area contributed by atoms with Crippen LogP contribution >= 0.6 is 15.9 Å². The van der Waals surface area contributed by atoms with E-state index in [0.29, 0.717) is 0 Å². The van der Waals surface area contributed by atoms with E-state index in [1.807, 2.05) is 22.0 Å². The van der Waals surface area contributed by atoms with E-state index < -0.39 is 23.2 Å². The van der Waals surface area contributed by atoms with Gasteiger partial charge in [-0.25, -0.2) is 0 Å². The first-order valence-electron chi connectivity index (χ1n) is 3.27. The van der Waals surface area contributed by atoms with Crippen molar-refractivity contribution in [1.82, 2.24) is 9.78 Å². The van der Waals surface area contributed by atoms with Crippen molar-refractivity contribution in [1.29, 1.82) is 0 Å². The molecule has 0 spiro atoms. The number of rotatable bonds is 2. The molecular formula is C6H3BrF5N2. The van der Waals surface area contributed by atoms with Crippen molar-refractivity contribution in [3.05, 3.63) is 18.0 Å². The summed E-state index contributed by atoms with van der Waals surface area (Å²) in [5, 5.41) is 3.10. The number of halogens is 6. The first-order chi connectivity index (χ1) is 6.20. The van der Waals surface area contributed by atoms with Crippen LogP contribution in [0, 0.1) is 6.07 Å². The largest absolute Gasteiger partial charge is 0.408 e. The van der Waals surface area contributed by atoms with Crippen LogP contribution in [0.4, 0.5) is 22.0 Å². The predicted octanol–water partition coefficient (Wildman–Crippen LogP) is 2.69. The van der Waals surface area contributed by atoms with Crippen LogP contribution in [0.15, 0.2) is 6.20 Å². The third-order valence-corrected chi connectivity index (χ3v) is 1.63. The molecule has 0 saturated carbocycles. The molecule has 0 atom stereocenters. The van der Waals surface area contributed by atoms with E-state index in [0.717, 1.165) is 6.20 Å². The second-order valence-electron chi connectivity index (χ2n) is 2.41. The molecule has 0 aliphatic heterocycles. The minimum absolute atomic E-state index is 0.148. The molecule has 0 N–H and O–H groups in total. The molecule has 0 amide bonds. The van der Waals surface area contributed by atoms with Crippen LogP contribution < -0.4 is 0 Å². The Hall–Kier alpha value is -0.660. The summed E-state index contributed by atoms with van der Waals surface area (Å²) >= 11 is 1.93. The fourth-order valence-electron chi connectivity index (χ4n) is 0.810. The van der Waals surface area contributed by atoms with Crippen molar-refractivity contribution >= 4 is 15.9 Å². The van der Waals surface area contributed by atoms with Crippen LogP contribution in [-0.4, -0.2) is 16.0 Å². The molecule has 0 aliphatic carbocycles. The van der Waals surface area contributed by atoms with Crippen molar-refractivity contribution in [3.8, 4) is 0 Å². The number of aromatic nitrogens is 2. The van der Waals surface area contributed by atoms with Crippen LogP contribution in [-0.2, 0) is 11.4 Å². The van der Waals surface area contributed by atoms with Gasteiger partial charge in [-0.2, -0.15) is 27.1 Å². The Morgan fingerprint density at radius 3 is 2.36 bits per heavy atom. The third-order valence-electron chi connectivity index (χ3n) is 1.25. The fourth-order valence-corrected chi connectivity index (χ4v) is 1.13. The topological polar surface area (TPSA) is 17.8 Å². The monoisotopic (exact) mass is 277 g/mol. The molecular weight excluding hydrogens is 275 g/mol. The molecule has 0 aromatic carbocycles. The van der Waals surface area contributed by atoms with Crippen LogP contribution in [0.25, 0.3) is 0 Å². The van der Waals surface area contributed by atoms with Gasteiger partial charge < -0.3 is 0 Å². The van der Waals surface area contributed by atoms with Gasteiger partial charge in [-0.1, -0.05) is 0 Å². The van der Waals surface area contributed by atoms with E-state index >= 15 is 0 Å². The van der Waals surface area contributed by atoms with Gasteiger partial charge in [-0.05, 0) is 15.9 Å². The maximum Gasteiger partial charge on any atom is 0.408 e. The summed E-state index contributed by atoms with van der Waals surface area (Å²) in [6.07, 6.45) is -3.83. The number of nitrogens with zero attached hydrogens (tertiary/aromatic N) is 2. The van der Waals surface area contributed by atoms with Crippen molar-refractivity contribution in [2.75, 3.05) is 0 Å². The van der Waals surface area contributed by atoms with E-state index in [1.54, 1.807) is 0 Å². The maximum absolute atomic E-state index is 12.6. The summed E-state index contributed by atoms with van der Waals surface area (Å²) in [4.78, 5) is -3.56. The molecule has 1 rings (SSSR count). The van der Waals surface area contributed by atoms with Gasteiger partial charge in [0.15, 0.2) is 0 Å². The molecule has 1 aromatic heterocycles. The van der Waals surface area contributed by atoms with E-state index in [1.165, 1.54) is 0 Å². The van der Waals surface area contributed by atoms with E-state index in [9.17, 15) is 22.0 Å². The van der Waals surface area contributed by atoms with E-state index in [2.05, 4.69) is 5.10 Å². The molecule has 0 fully saturated rings. The minimum Gasteiger partial charge on any atom is -0.253 e. The molecule has 14 heavy (non-hydrogen) atoms. The van der Waals surface area contributed by atoms with Crippen LogP contribution in [0.2, 0.25) is 0 Å². The highest BCUT2D eigenvalue weighted by Crippen LogP contribution is 2.34. The number of alkyl halides is 6. The average Bonchev–Trinajstić information content (AvgIpc) is 2.29. The van der Waals surface area contributed by atoms with Gasteiger partial charge in [0.2, 0.25) is 0 Å². The zero-order valence-electron chi connectivity index (χ0n) is 6.45. The molecule has 0 saturated heterocycles. The summed E-state index contributed by atoms with van der Waals surface area (Å²) in [6.45, 7) is -1.56. The lowest BCUT2D eigenvalue weighted by molar-refractivity contribution is -0.143. The summed E-state index contributed by atoms with van der Waals surface area (Å²) in [7, 11) is 0. The van der Waals surface area contributed by atoms with Gasteiger partial charge in [0.25, 0.3) is 0 Å². The lowest BCUT2D eigenvalue weighted by atomic mass is 10.4. The summed E-state index contributed by atoms with van der Waals surface area (Å²) in [6, 6.07) is 1.92. The van der Waals surface area contributed by atoms with Crippen LogP contribution in [0.1, 0.15) is 5.69 Å². The zero-order valence-corrected chi connectivity index (χ0v) is 8.03. The molecule has 1 aromatic rings. The predicted molar refractivity (Wildman–Crippen MR) is 39.9 cm³/mol. The standard InChI is InChI=1S/C6H3BrF5N2/c7-6(11,12)4-1-2-13-14(4)3-5(8,9)10/h2H,3H2. The normalized spacial score (nSPS) is 13.3. The first-order valence-corrected chi connectivity index (χ1v) is 4.07. The molecule has 1 radical (unpaired) electrons. The highest BCUT2D eigenvalue weighted by Gasteiger charge is 2.36. The SMILES string of the molecule is FC(F)(F)Cn1nc[c]c1C(F)(F)Br. The summed E-state index contributed by atoms with van der Waals surface area (Å²) < 4.78 is 60.9. The van der Waals surface area contributed by atoms with Gasteiger partial charge in [0.05, 0.1) is 6.20 Å². The highest BCUT2D eigenvalue weighted by atomic mass is 79.9. The van der Waals surface area contributed by atoms with E-state index in [4.69, 9.17) is 0 Å². The molecule has 79 valence electrons. The first kappa shape index (κ1) is 11.4. The molecule has 1 heterocycles. The van der Waals surface area contributed by atoms with Gasteiger partial charge in [-0.15, -0.1) is 0 Å². The molecule has 8 heteroatoms. The smallest absolute Gasteiger partial charge is 0.253 e. The van der Waals surface area contributed by atoms with Crippen molar-refractivity contribution in [2.24, 2.45) is 0 Å². The Morgan fingerprint density at radius 1 is 1.36 bits per heavy atom. The summed E-state index contributed by atoms with van der Waals surface area (Å²) in [5.74, 6) is 0. The fraction of sp³-hybridized carbons (Fsp3) is 0.500. The minimum atomic E-state index is -4.59. The lowest BCUT2D eigenvalue weighted by Crippen LogP contribution is -2.23. The zero-order chi connectivity index (χ0) is 11.0. The molecule has 0 bridgehead atoms. The third kappa shape index (κ3) is 2.93. The van der Waals surface area contributed by atoms with E-state index in [-0.39, 0.29) is 4.68 Å². The van der Waals surface area contributed by atoms with Crippen molar-refractivity contribution in [2.45, 2.75) is 17.6 Å². The number of hydrogen-bond acceptors (Lipinski definition) is 1. The van der Waals surface area contributed by atoms with Gasteiger partial charge in [0.1, 0.15) is 12.2 Å². The number of hydrogen-bond donors (Lipinski definition) is 0. The second kappa shape index (κ2) is 3.48. The lowest BCUT2D eigenvalue weighted by Gasteiger charge is -2.12. The molecule has 2 nitrogen and oxygen atoms in total. The Kier molecular flexibility index (Phi) is 2.84. The average molecular weight is 278 g/mol. The Labute approximate surface area is 83.8 Å². The van der Waals surface area contributed by atoms with Gasteiger partial charge in [-0.3, -0.25) is 4.68 Å². The Balaban J connectivity index is 2.95. The maximum atomic E-state index is 12.6. The quantitative estimate of drug-likeness (QED) is 0.600. The van der Waals surface area contributed by atoms with Crippen LogP contribution in [0.3, 0.4) is 0 Å². The second-order valence-corrected chi connectivity index (χ2v) is 3.40. The highest BCUT2D eigenvalue weighted by molar-refractivity contribution is 9.09. The van der Waals surface area contributed by atoms with Crippen molar-refractivity contribution in [3.63, 3.8) is 0 Å². The van der Waals surface area contributed by atoms with Gasteiger partial charge in [0, 0.05) is 6.07 Å². The molecule has 0 unspecified atom stereocenters. The molecule has 0 aliphatic rings. The van der Waals surface area contributed by atoms with Crippen molar-refractivity contribution < 1.29 is 22.0 Å². The Morgan fingerprint density at radius 2 is 1.93 bits per heavy atom.